The number of nitrogens with one attached hydrogen (secondary N) is 2. The van der Waals surface area contributed by atoms with E-state index in [1.54, 1.807) is 12.4 Å². The number of carbonyl (C=O) groups is 2. The zero-order chi connectivity index (χ0) is 24.6. The van der Waals surface area contributed by atoms with E-state index in [0.717, 1.165) is 39.6 Å². The second-order valence-electron chi connectivity index (χ2n) is 8.53. The monoisotopic (exact) mass is 474 g/mol. The first-order valence-electron chi connectivity index (χ1n) is 11.4. The van der Waals surface area contributed by atoms with Crippen molar-refractivity contribution in [3.8, 4) is 5.69 Å². The number of nitrogens with zero attached hydrogens (tertiary/aromatic N) is 4. The van der Waals surface area contributed by atoms with Gasteiger partial charge in [-0.25, -0.2) is 4.68 Å². The van der Waals surface area contributed by atoms with Crippen LogP contribution in [-0.2, 0) is 11.8 Å². The average Bonchev–Trinajstić information content (AvgIpc) is 3.65. The minimum atomic E-state index is -0.162. The highest BCUT2D eigenvalue weighted by atomic mass is 16.1. The fraction of sp³-hybridized carbons (Fsp3) is 0.0357. The lowest BCUT2D eigenvalue weighted by atomic mass is 10.1. The van der Waals surface area contributed by atoms with Gasteiger partial charge in [0.1, 0.15) is 5.82 Å². The quantitative estimate of drug-likeness (QED) is 0.317. The number of anilines is 3. The molecule has 176 valence electrons. The van der Waals surface area contributed by atoms with Gasteiger partial charge in [-0.1, -0.05) is 0 Å². The Kier molecular flexibility index (Phi) is 5.11. The predicted molar refractivity (Wildman–Crippen MR) is 141 cm³/mol. The molecule has 0 bridgehead atoms. The maximum Gasteiger partial charge on any atom is 0.255 e. The van der Waals surface area contributed by atoms with E-state index in [1.165, 1.54) is 4.90 Å². The summed E-state index contributed by atoms with van der Waals surface area (Å²) in [5, 5.41) is 9.45. The second-order valence-corrected chi connectivity index (χ2v) is 8.53. The van der Waals surface area contributed by atoms with Gasteiger partial charge in [-0.15, -0.1) is 0 Å². The van der Waals surface area contributed by atoms with Gasteiger partial charge in [-0.3, -0.25) is 14.5 Å². The highest BCUT2D eigenvalue weighted by molar-refractivity contribution is 6.07. The van der Waals surface area contributed by atoms with Gasteiger partial charge in [0.05, 0.1) is 23.1 Å². The number of hydrogen-bond acceptors (Lipinski definition) is 3. The van der Waals surface area contributed by atoms with Crippen molar-refractivity contribution >= 4 is 51.3 Å². The lowest BCUT2D eigenvalue weighted by Crippen LogP contribution is -2.14. The molecule has 0 fully saturated rings. The SMILES string of the molecule is Cn1ccc2cc(C(=O)Nc3ccc4c(cnn4-c4ccc(N(C=O)c5ccc[nH]5)cc4)c3)ccc21. The first-order valence-corrected chi connectivity index (χ1v) is 11.4. The molecule has 0 saturated carbocycles. The van der Waals surface area contributed by atoms with Crippen molar-refractivity contribution in [1.82, 2.24) is 19.3 Å². The molecule has 8 heteroatoms. The van der Waals surface area contributed by atoms with Gasteiger partial charge in [0.2, 0.25) is 6.41 Å². The number of fused-ring (bicyclic) bond motifs is 2. The summed E-state index contributed by atoms with van der Waals surface area (Å²) in [6.07, 6.45) is 6.30. The molecule has 36 heavy (non-hydrogen) atoms. The molecule has 0 radical (unpaired) electrons. The first kappa shape index (κ1) is 21.4. The van der Waals surface area contributed by atoms with Gasteiger partial charge in [0.25, 0.3) is 5.91 Å². The van der Waals surface area contributed by atoms with Gasteiger partial charge >= 0.3 is 0 Å². The molecule has 0 saturated heterocycles. The van der Waals surface area contributed by atoms with E-state index in [2.05, 4.69) is 15.4 Å². The van der Waals surface area contributed by atoms with Crippen LogP contribution in [0.15, 0.2) is 97.5 Å². The van der Waals surface area contributed by atoms with Gasteiger partial charge in [-0.05, 0) is 78.9 Å². The van der Waals surface area contributed by atoms with Crippen molar-refractivity contribution in [2.75, 3.05) is 10.2 Å². The van der Waals surface area contributed by atoms with Crippen LogP contribution in [0.1, 0.15) is 10.4 Å². The van der Waals surface area contributed by atoms with E-state index in [0.29, 0.717) is 17.1 Å². The molecule has 0 aliphatic rings. The van der Waals surface area contributed by atoms with Crippen LogP contribution in [0.25, 0.3) is 27.5 Å². The second kappa shape index (κ2) is 8.59. The number of carbonyl (C=O) groups excluding carboxylic acids is 2. The molecule has 3 heterocycles. The maximum atomic E-state index is 12.9. The summed E-state index contributed by atoms with van der Waals surface area (Å²) in [5.74, 6) is 0.533. The van der Waals surface area contributed by atoms with Crippen LogP contribution in [0, 0.1) is 0 Å². The Morgan fingerprint density at radius 1 is 0.972 bits per heavy atom. The Morgan fingerprint density at radius 3 is 2.58 bits per heavy atom. The summed E-state index contributed by atoms with van der Waals surface area (Å²) < 4.78 is 3.85. The van der Waals surface area contributed by atoms with Crippen LogP contribution in [0.4, 0.5) is 17.2 Å². The third-order valence-electron chi connectivity index (χ3n) is 6.29. The van der Waals surface area contributed by atoms with Gasteiger partial charge in [-0.2, -0.15) is 5.10 Å². The molecule has 0 unspecified atom stereocenters. The summed E-state index contributed by atoms with van der Waals surface area (Å²) in [7, 11) is 1.98. The average molecular weight is 475 g/mol. The Labute approximate surface area is 206 Å². The highest BCUT2D eigenvalue weighted by Gasteiger charge is 2.12. The van der Waals surface area contributed by atoms with Crippen molar-refractivity contribution in [3.05, 3.63) is 103 Å². The number of H-pyrrole nitrogens is 1. The molecular weight excluding hydrogens is 452 g/mol. The fourth-order valence-corrected chi connectivity index (χ4v) is 4.42. The predicted octanol–water partition coefficient (Wildman–Crippen LogP) is 5.39. The smallest absolute Gasteiger partial charge is 0.255 e. The van der Waals surface area contributed by atoms with Crippen LogP contribution < -0.4 is 10.2 Å². The number of rotatable bonds is 6. The van der Waals surface area contributed by atoms with Crippen LogP contribution in [0.5, 0.6) is 0 Å². The number of aromatic nitrogens is 4. The highest BCUT2D eigenvalue weighted by Crippen LogP contribution is 2.26. The van der Waals surface area contributed by atoms with E-state index in [4.69, 9.17) is 0 Å². The van der Waals surface area contributed by atoms with Crippen molar-refractivity contribution in [1.29, 1.82) is 0 Å². The number of aromatic amines is 1. The number of benzene rings is 3. The van der Waals surface area contributed by atoms with E-state index in [9.17, 15) is 9.59 Å². The third kappa shape index (κ3) is 3.70. The Bertz CT molecular complexity index is 1710. The van der Waals surface area contributed by atoms with Gasteiger partial charge < -0.3 is 14.9 Å². The Morgan fingerprint density at radius 2 is 1.81 bits per heavy atom. The summed E-state index contributed by atoms with van der Waals surface area (Å²) >= 11 is 0. The van der Waals surface area contributed by atoms with Gasteiger partial charge in [0, 0.05) is 47.0 Å². The van der Waals surface area contributed by atoms with E-state index in [-0.39, 0.29) is 5.91 Å². The zero-order valence-corrected chi connectivity index (χ0v) is 19.4. The van der Waals surface area contributed by atoms with Crippen LogP contribution >= 0.6 is 0 Å². The molecule has 0 spiro atoms. The normalized spacial score (nSPS) is 11.1. The number of aryl methyl sites for hydroxylation is 1. The van der Waals surface area contributed by atoms with Crippen molar-refractivity contribution in [3.63, 3.8) is 0 Å². The Balaban J connectivity index is 1.23. The zero-order valence-electron chi connectivity index (χ0n) is 19.4. The lowest BCUT2D eigenvalue weighted by molar-refractivity contribution is -0.106. The first-order chi connectivity index (χ1) is 17.6. The molecule has 0 atom stereocenters. The summed E-state index contributed by atoms with van der Waals surface area (Å²) in [4.78, 5) is 29.0. The molecular formula is C28H22N6O2. The summed E-state index contributed by atoms with van der Waals surface area (Å²) in [6.45, 7) is 0. The molecule has 0 aliphatic carbocycles. The topological polar surface area (TPSA) is 87.9 Å². The van der Waals surface area contributed by atoms with Crippen LogP contribution in [0.3, 0.4) is 0 Å². The molecule has 0 aliphatic heterocycles. The van der Waals surface area contributed by atoms with Crippen LogP contribution in [0.2, 0.25) is 0 Å². The summed E-state index contributed by atoms with van der Waals surface area (Å²) in [6, 6.07) is 24.6. The molecule has 3 aromatic carbocycles. The minimum Gasteiger partial charge on any atom is -0.351 e. The number of hydrogen-bond donors (Lipinski definition) is 2. The van der Waals surface area contributed by atoms with E-state index in [1.807, 2.05) is 101 Å². The molecule has 2 N–H and O–H groups in total. The lowest BCUT2D eigenvalue weighted by Gasteiger charge is -2.16. The maximum absolute atomic E-state index is 12.9. The largest absolute Gasteiger partial charge is 0.351 e. The molecule has 2 amide bonds. The molecule has 6 aromatic rings. The summed E-state index contributed by atoms with van der Waals surface area (Å²) in [5.41, 5.74) is 4.89. The van der Waals surface area contributed by atoms with E-state index < -0.39 is 0 Å². The van der Waals surface area contributed by atoms with Crippen molar-refractivity contribution in [2.45, 2.75) is 0 Å². The minimum absolute atomic E-state index is 0.162. The standard InChI is InChI=1S/C28H22N6O2/c1-32-14-12-19-15-20(4-10-25(19)32)28(36)31-22-5-11-26-21(16-22)17-30-34(26)24-8-6-23(7-9-24)33(18-35)27-3-2-13-29-27/h2-18,29H,1H3,(H,31,36). The van der Waals surface area contributed by atoms with Crippen LogP contribution in [-0.4, -0.2) is 31.6 Å². The van der Waals surface area contributed by atoms with Crippen molar-refractivity contribution in [2.24, 2.45) is 7.05 Å². The van der Waals surface area contributed by atoms with E-state index >= 15 is 0 Å². The van der Waals surface area contributed by atoms with Gasteiger partial charge in [0.15, 0.2) is 0 Å². The fourth-order valence-electron chi connectivity index (χ4n) is 4.42. The third-order valence-corrected chi connectivity index (χ3v) is 6.29. The molecule has 6 rings (SSSR count). The molecule has 8 nitrogen and oxygen atoms in total. The van der Waals surface area contributed by atoms with Crippen molar-refractivity contribution < 1.29 is 9.59 Å². The number of amides is 2. The Hall–Kier alpha value is -5.11. The molecule has 3 aromatic heterocycles.